The monoisotopic (exact) mass is 517 g/mol. The molecule has 0 saturated carbocycles. The molecule has 0 radical (unpaired) electrons. The molecule has 204 valence electrons. The quantitative estimate of drug-likeness (QED) is 0.203. The molecule has 1 heterocycles. The minimum Gasteiger partial charge on any atom is -0.480 e. The molecule has 0 bridgehead atoms. The van der Waals surface area contributed by atoms with Crippen LogP contribution in [0.3, 0.4) is 0 Å². The van der Waals surface area contributed by atoms with Gasteiger partial charge in [-0.15, -0.1) is 0 Å². The number of carboxylic acid groups (broad SMARTS) is 1. The van der Waals surface area contributed by atoms with Gasteiger partial charge in [0.25, 0.3) is 0 Å². The Bertz CT molecular complexity index is 1100. The number of aliphatic hydroxyl groups is 1. The normalized spacial score (nSPS) is 15.6. The maximum absolute atomic E-state index is 13.4. The molecule has 11 heteroatoms. The number of H-pyrrole nitrogens is 1. The van der Waals surface area contributed by atoms with Crippen molar-refractivity contribution in [3.8, 4) is 0 Å². The number of para-hydroxylation sites is 1. The molecule has 0 aliphatic carbocycles. The highest BCUT2D eigenvalue weighted by Gasteiger charge is 2.33. The number of fused-ring (bicyclic) bond motifs is 1. The van der Waals surface area contributed by atoms with E-state index in [9.17, 15) is 29.4 Å². The molecule has 1 aromatic heterocycles. The number of carbonyl (C=O) groups is 4. The highest BCUT2D eigenvalue weighted by atomic mass is 16.4. The van der Waals surface area contributed by atoms with Crippen molar-refractivity contribution in [3.63, 3.8) is 0 Å². The van der Waals surface area contributed by atoms with Crippen molar-refractivity contribution < 1.29 is 29.4 Å². The minimum absolute atomic E-state index is 0.0300. The van der Waals surface area contributed by atoms with Crippen LogP contribution >= 0.6 is 0 Å². The molecule has 0 spiro atoms. The van der Waals surface area contributed by atoms with Gasteiger partial charge in [-0.2, -0.15) is 0 Å². The number of aromatic amines is 1. The lowest BCUT2D eigenvalue weighted by Gasteiger charge is -2.27. The van der Waals surface area contributed by atoms with Crippen LogP contribution in [-0.4, -0.2) is 69.2 Å². The Morgan fingerprint density at radius 2 is 1.54 bits per heavy atom. The molecular weight excluding hydrogens is 478 g/mol. The van der Waals surface area contributed by atoms with Crippen LogP contribution in [0.1, 0.15) is 46.6 Å². The predicted octanol–water partition coefficient (Wildman–Crippen LogP) is 0.660. The van der Waals surface area contributed by atoms with Crippen molar-refractivity contribution in [1.29, 1.82) is 0 Å². The lowest BCUT2D eigenvalue weighted by molar-refractivity contribution is -0.143. The standard InChI is InChI=1S/C26H39N5O6/c1-13(2)10-20(26(36)37)30-25(35)22(14(3)4)31-23(33)19(29-24(34)21(27)15(5)32)11-16-12-28-18-9-7-6-8-17(16)18/h6-9,12-15,19-22,28,32H,10-11,27H2,1-5H3,(H,29,34)(H,30,35)(H,31,33)(H,36,37). The zero-order valence-corrected chi connectivity index (χ0v) is 21.9. The summed E-state index contributed by atoms with van der Waals surface area (Å²) in [5.41, 5.74) is 7.39. The molecule has 5 unspecified atom stereocenters. The Labute approximate surface area is 216 Å². The number of benzene rings is 1. The van der Waals surface area contributed by atoms with E-state index in [1.54, 1.807) is 20.0 Å². The molecule has 1 aromatic carbocycles. The molecule has 0 aliphatic rings. The van der Waals surface area contributed by atoms with Crippen LogP contribution < -0.4 is 21.7 Å². The third-order valence-electron chi connectivity index (χ3n) is 6.12. The largest absolute Gasteiger partial charge is 0.480 e. The first-order valence-electron chi connectivity index (χ1n) is 12.4. The lowest BCUT2D eigenvalue weighted by Crippen LogP contribution is -2.59. The number of hydrogen-bond donors (Lipinski definition) is 7. The summed E-state index contributed by atoms with van der Waals surface area (Å²) in [4.78, 5) is 53.8. The zero-order chi connectivity index (χ0) is 27.9. The molecule has 0 fully saturated rings. The molecule has 0 saturated heterocycles. The van der Waals surface area contributed by atoms with Gasteiger partial charge in [-0.3, -0.25) is 14.4 Å². The number of amides is 3. The number of nitrogens with one attached hydrogen (secondary N) is 4. The van der Waals surface area contributed by atoms with E-state index in [1.807, 2.05) is 38.1 Å². The van der Waals surface area contributed by atoms with Gasteiger partial charge in [0.1, 0.15) is 24.2 Å². The average Bonchev–Trinajstić information content (AvgIpc) is 3.22. The minimum atomic E-state index is -1.25. The highest BCUT2D eigenvalue weighted by Crippen LogP contribution is 2.19. The van der Waals surface area contributed by atoms with Crippen LogP contribution in [0.5, 0.6) is 0 Å². The number of carboxylic acids is 1. The summed E-state index contributed by atoms with van der Waals surface area (Å²) < 4.78 is 0. The molecule has 37 heavy (non-hydrogen) atoms. The van der Waals surface area contributed by atoms with Gasteiger partial charge in [-0.25, -0.2) is 4.79 Å². The van der Waals surface area contributed by atoms with Gasteiger partial charge in [-0.1, -0.05) is 45.9 Å². The fourth-order valence-corrected chi connectivity index (χ4v) is 3.96. The SMILES string of the molecule is CC(C)CC(NC(=O)C(NC(=O)C(Cc1c[nH]c2ccccc12)NC(=O)C(N)C(C)O)C(C)C)C(=O)O. The van der Waals surface area contributed by atoms with Crippen LogP contribution in [-0.2, 0) is 25.6 Å². The van der Waals surface area contributed by atoms with Crippen LogP contribution in [0.4, 0.5) is 0 Å². The van der Waals surface area contributed by atoms with Crippen molar-refractivity contribution in [2.75, 3.05) is 0 Å². The summed E-state index contributed by atoms with van der Waals surface area (Å²) in [6, 6.07) is 2.96. The summed E-state index contributed by atoms with van der Waals surface area (Å²) in [5.74, 6) is -3.49. The predicted molar refractivity (Wildman–Crippen MR) is 139 cm³/mol. The van der Waals surface area contributed by atoms with Gasteiger partial charge >= 0.3 is 5.97 Å². The molecule has 5 atom stereocenters. The van der Waals surface area contributed by atoms with Crippen molar-refractivity contribution in [2.24, 2.45) is 17.6 Å². The number of nitrogens with two attached hydrogens (primary N) is 1. The fourth-order valence-electron chi connectivity index (χ4n) is 3.96. The summed E-state index contributed by atoms with van der Waals surface area (Å²) in [7, 11) is 0. The van der Waals surface area contributed by atoms with Gasteiger partial charge < -0.3 is 36.9 Å². The first-order chi connectivity index (χ1) is 17.3. The summed E-state index contributed by atoms with van der Waals surface area (Å²) in [6.07, 6.45) is 0.920. The topological polar surface area (TPSA) is 187 Å². The van der Waals surface area contributed by atoms with Gasteiger partial charge in [-0.05, 0) is 36.8 Å². The Hall–Kier alpha value is -3.44. The second-order valence-corrected chi connectivity index (χ2v) is 10.2. The Morgan fingerprint density at radius 1 is 0.919 bits per heavy atom. The van der Waals surface area contributed by atoms with Crippen molar-refractivity contribution >= 4 is 34.6 Å². The van der Waals surface area contributed by atoms with E-state index in [-0.39, 0.29) is 24.7 Å². The van der Waals surface area contributed by atoms with Crippen LogP contribution in [0, 0.1) is 11.8 Å². The second-order valence-electron chi connectivity index (χ2n) is 10.2. The number of aromatic nitrogens is 1. The van der Waals surface area contributed by atoms with Gasteiger partial charge in [0.2, 0.25) is 17.7 Å². The number of carbonyl (C=O) groups excluding carboxylic acids is 3. The third kappa shape index (κ3) is 8.29. The molecule has 2 aromatic rings. The smallest absolute Gasteiger partial charge is 0.326 e. The zero-order valence-electron chi connectivity index (χ0n) is 21.9. The van der Waals surface area contributed by atoms with E-state index in [2.05, 4.69) is 20.9 Å². The van der Waals surface area contributed by atoms with E-state index >= 15 is 0 Å². The number of hydrogen-bond acceptors (Lipinski definition) is 6. The molecule has 3 amide bonds. The van der Waals surface area contributed by atoms with Crippen molar-refractivity contribution in [1.82, 2.24) is 20.9 Å². The number of aliphatic hydroxyl groups excluding tert-OH is 1. The Kier molecular flexibility index (Phi) is 10.6. The van der Waals surface area contributed by atoms with Gasteiger partial charge in [0, 0.05) is 23.5 Å². The molecule has 2 rings (SSSR count). The Balaban J connectivity index is 2.28. The van der Waals surface area contributed by atoms with Crippen molar-refractivity contribution in [2.45, 2.75) is 77.7 Å². The first kappa shape index (κ1) is 29.8. The summed E-state index contributed by atoms with van der Waals surface area (Å²) >= 11 is 0. The highest BCUT2D eigenvalue weighted by molar-refractivity contribution is 5.95. The molecule has 8 N–H and O–H groups in total. The first-order valence-corrected chi connectivity index (χ1v) is 12.4. The van der Waals surface area contributed by atoms with Crippen LogP contribution in [0.15, 0.2) is 30.5 Å². The van der Waals surface area contributed by atoms with Crippen LogP contribution in [0.25, 0.3) is 10.9 Å². The van der Waals surface area contributed by atoms with Crippen molar-refractivity contribution in [3.05, 3.63) is 36.0 Å². The van der Waals surface area contributed by atoms with E-state index in [1.165, 1.54) is 6.92 Å². The van der Waals surface area contributed by atoms with E-state index in [0.717, 1.165) is 16.5 Å². The summed E-state index contributed by atoms with van der Waals surface area (Å²) in [6.45, 7) is 8.51. The molecule has 11 nitrogen and oxygen atoms in total. The van der Waals surface area contributed by atoms with E-state index in [0.29, 0.717) is 0 Å². The van der Waals surface area contributed by atoms with Gasteiger partial charge in [0.05, 0.1) is 6.10 Å². The second kappa shape index (κ2) is 13.2. The average molecular weight is 518 g/mol. The number of aliphatic carboxylic acids is 1. The van der Waals surface area contributed by atoms with E-state index < -0.39 is 54.0 Å². The third-order valence-corrected chi connectivity index (χ3v) is 6.12. The maximum atomic E-state index is 13.4. The molecular formula is C26H39N5O6. The lowest BCUT2D eigenvalue weighted by atomic mass is 9.99. The van der Waals surface area contributed by atoms with Crippen LogP contribution in [0.2, 0.25) is 0 Å². The van der Waals surface area contributed by atoms with Gasteiger partial charge in [0.15, 0.2) is 0 Å². The van der Waals surface area contributed by atoms with E-state index in [4.69, 9.17) is 5.73 Å². The summed E-state index contributed by atoms with van der Waals surface area (Å²) in [5, 5.41) is 27.9. The maximum Gasteiger partial charge on any atom is 0.326 e. The molecule has 0 aliphatic heterocycles. The number of rotatable bonds is 13. The fraction of sp³-hybridized carbons (Fsp3) is 0.538. The Morgan fingerprint density at radius 3 is 2.11 bits per heavy atom.